The topological polar surface area (TPSA) is 114 Å². The molecule has 0 radical (unpaired) electrons. The molecule has 2 saturated heterocycles. The zero-order valence-corrected chi connectivity index (χ0v) is 20.0. The van der Waals surface area contributed by atoms with Crippen molar-refractivity contribution in [2.24, 2.45) is 0 Å². The Morgan fingerprint density at radius 2 is 1.53 bits per heavy atom. The number of anilines is 1. The Kier molecular flexibility index (Phi) is 6.34. The van der Waals surface area contributed by atoms with Gasteiger partial charge in [-0.25, -0.2) is 16.8 Å². The fraction of sp³-hybridized carbons (Fsp3) is 0.556. The molecule has 8 nitrogen and oxygen atoms in total. The fourth-order valence-electron chi connectivity index (χ4n) is 3.67. The first-order chi connectivity index (χ1) is 13.8. The first kappa shape index (κ1) is 23.2. The maximum atomic E-state index is 11.7. The standard InChI is InChI=1S/C18H25N3O5S4/c1-17(6-8-29(22,23)11-17)20-15(27)19-13-4-3-5-14(10-13)26-16(28)21-18(2)7-9-30(24,25)12-18/h3-5,10H,6-9,11-12H2,1-2H3,(H,21,28)(H2,19,20,27). The van der Waals surface area contributed by atoms with E-state index in [1.165, 1.54) is 0 Å². The van der Waals surface area contributed by atoms with Gasteiger partial charge in [-0.1, -0.05) is 6.07 Å². The lowest BCUT2D eigenvalue weighted by molar-refractivity contribution is 0.425. The lowest BCUT2D eigenvalue weighted by Gasteiger charge is -2.26. The number of rotatable bonds is 4. The van der Waals surface area contributed by atoms with Crippen molar-refractivity contribution in [2.45, 2.75) is 37.8 Å². The SMILES string of the molecule is CC1(NC(=S)Nc2cccc(OC(=S)NC3(C)CCS(=O)(=O)C3)c2)CCS(=O)(=O)C1. The van der Waals surface area contributed by atoms with E-state index in [0.29, 0.717) is 29.4 Å². The molecule has 2 fully saturated rings. The van der Waals surface area contributed by atoms with E-state index >= 15 is 0 Å². The number of thiocarbonyl (C=S) groups is 2. The van der Waals surface area contributed by atoms with Crippen LogP contribution < -0.4 is 20.7 Å². The van der Waals surface area contributed by atoms with E-state index in [-0.39, 0.29) is 28.2 Å². The van der Waals surface area contributed by atoms with Crippen LogP contribution in [0, 0.1) is 0 Å². The lowest BCUT2D eigenvalue weighted by Crippen LogP contribution is -2.48. The van der Waals surface area contributed by atoms with Crippen LogP contribution in [0.5, 0.6) is 5.75 Å². The molecule has 0 aliphatic carbocycles. The number of benzene rings is 1. The molecule has 2 unspecified atom stereocenters. The van der Waals surface area contributed by atoms with E-state index in [0.717, 1.165) is 0 Å². The fourth-order valence-corrected chi connectivity index (χ4v) is 8.56. The van der Waals surface area contributed by atoms with Gasteiger partial charge in [-0.3, -0.25) is 0 Å². The maximum absolute atomic E-state index is 11.7. The van der Waals surface area contributed by atoms with Crippen LogP contribution in [0.3, 0.4) is 0 Å². The first-order valence-electron chi connectivity index (χ1n) is 9.37. The minimum Gasteiger partial charge on any atom is -0.432 e. The van der Waals surface area contributed by atoms with Gasteiger partial charge in [0.05, 0.1) is 34.1 Å². The van der Waals surface area contributed by atoms with Gasteiger partial charge in [-0.15, -0.1) is 0 Å². The molecule has 12 heteroatoms. The molecule has 0 saturated carbocycles. The third-order valence-corrected chi connectivity index (χ3v) is 9.32. The molecule has 3 rings (SSSR count). The average Bonchev–Trinajstić information content (AvgIpc) is 3.00. The van der Waals surface area contributed by atoms with Crippen LogP contribution in [0.15, 0.2) is 24.3 Å². The van der Waals surface area contributed by atoms with E-state index in [2.05, 4.69) is 16.0 Å². The number of ether oxygens (including phenoxy) is 1. The molecule has 3 N–H and O–H groups in total. The van der Waals surface area contributed by atoms with E-state index < -0.39 is 30.8 Å². The molecule has 30 heavy (non-hydrogen) atoms. The highest BCUT2D eigenvalue weighted by Gasteiger charge is 2.40. The number of nitrogens with one attached hydrogen (secondary N) is 3. The Labute approximate surface area is 188 Å². The summed E-state index contributed by atoms with van der Waals surface area (Å²) in [6, 6.07) is 6.96. The van der Waals surface area contributed by atoms with Crippen LogP contribution in [-0.4, -0.2) is 61.2 Å². The molecule has 0 bridgehead atoms. The summed E-state index contributed by atoms with van der Waals surface area (Å²) in [6.45, 7) is 3.64. The first-order valence-corrected chi connectivity index (χ1v) is 13.8. The molecule has 0 spiro atoms. The average molecular weight is 492 g/mol. The summed E-state index contributed by atoms with van der Waals surface area (Å²) in [5.41, 5.74) is -0.597. The summed E-state index contributed by atoms with van der Waals surface area (Å²) in [5, 5.41) is 9.52. The van der Waals surface area contributed by atoms with Gasteiger partial charge in [0.25, 0.3) is 5.17 Å². The molecule has 2 aliphatic rings. The minimum atomic E-state index is -3.06. The van der Waals surface area contributed by atoms with Gasteiger partial charge in [0.15, 0.2) is 24.8 Å². The van der Waals surface area contributed by atoms with Crippen molar-refractivity contribution in [2.75, 3.05) is 28.3 Å². The Bertz CT molecular complexity index is 992. The van der Waals surface area contributed by atoms with E-state index in [1.807, 2.05) is 6.92 Å². The van der Waals surface area contributed by atoms with E-state index in [9.17, 15) is 16.8 Å². The Hall–Kier alpha value is -1.50. The second-order valence-corrected chi connectivity index (χ2v) is 13.6. The lowest BCUT2D eigenvalue weighted by atomic mass is 10.0. The van der Waals surface area contributed by atoms with Gasteiger partial charge in [-0.2, -0.15) is 0 Å². The monoisotopic (exact) mass is 491 g/mol. The molecular weight excluding hydrogens is 466 g/mol. The quantitative estimate of drug-likeness (QED) is 0.534. The predicted molar refractivity (Wildman–Crippen MR) is 126 cm³/mol. The molecule has 2 heterocycles. The van der Waals surface area contributed by atoms with Gasteiger partial charge in [0.1, 0.15) is 5.75 Å². The smallest absolute Gasteiger partial charge is 0.262 e. The summed E-state index contributed by atoms with van der Waals surface area (Å²) < 4.78 is 52.6. The molecule has 0 aromatic heterocycles. The van der Waals surface area contributed by atoms with Gasteiger partial charge >= 0.3 is 0 Å². The predicted octanol–water partition coefficient (Wildman–Crippen LogP) is 1.38. The molecule has 1 aromatic rings. The van der Waals surface area contributed by atoms with Crippen molar-refractivity contribution in [3.05, 3.63) is 24.3 Å². The van der Waals surface area contributed by atoms with Gasteiger partial charge in [-0.05, 0) is 63.3 Å². The Morgan fingerprint density at radius 3 is 2.07 bits per heavy atom. The largest absolute Gasteiger partial charge is 0.432 e. The molecule has 0 amide bonds. The summed E-state index contributed by atoms with van der Waals surface area (Å²) in [5.74, 6) is 0.786. The van der Waals surface area contributed by atoms with E-state index in [4.69, 9.17) is 29.2 Å². The van der Waals surface area contributed by atoms with Crippen LogP contribution in [0.4, 0.5) is 5.69 Å². The van der Waals surface area contributed by atoms with Crippen LogP contribution in [0.2, 0.25) is 0 Å². The van der Waals surface area contributed by atoms with Crippen LogP contribution in [0.25, 0.3) is 0 Å². The van der Waals surface area contributed by atoms with Crippen LogP contribution in [0.1, 0.15) is 26.7 Å². The van der Waals surface area contributed by atoms with Crippen molar-refractivity contribution >= 4 is 60.1 Å². The summed E-state index contributed by atoms with van der Waals surface area (Å²) >= 11 is 10.6. The van der Waals surface area contributed by atoms with Crippen molar-refractivity contribution in [3.63, 3.8) is 0 Å². The summed E-state index contributed by atoms with van der Waals surface area (Å²) in [7, 11) is -6.11. The second kappa shape index (κ2) is 8.21. The number of hydrogen-bond donors (Lipinski definition) is 3. The Morgan fingerprint density at radius 1 is 0.967 bits per heavy atom. The Balaban J connectivity index is 1.57. The third-order valence-electron chi connectivity index (χ3n) is 5.13. The molecule has 2 aliphatic heterocycles. The van der Waals surface area contributed by atoms with E-state index in [1.54, 1.807) is 31.2 Å². The minimum absolute atomic E-state index is 0.0134. The normalized spacial score (nSPS) is 29.1. The van der Waals surface area contributed by atoms with Crippen molar-refractivity contribution in [1.82, 2.24) is 10.6 Å². The maximum Gasteiger partial charge on any atom is 0.262 e. The molecule has 1 aromatic carbocycles. The van der Waals surface area contributed by atoms with Crippen molar-refractivity contribution in [3.8, 4) is 5.75 Å². The molecular formula is C18H25N3O5S4. The zero-order valence-electron chi connectivity index (χ0n) is 16.7. The van der Waals surface area contributed by atoms with Crippen molar-refractivity contribution < 1.29 is 21.6 Å². The number of hydrogen-bond acceptors (Lipinski definition) is 7. The van der Waals surface area contributed by atoms with Gasteiger partial charge in [0, 0.05) is 11.8 Å². The van der Waals surface area contributed by atoms with Gasteiger partial charge in [0.2, 0.25) is 0 Å². The molecule has 2 atom stereocenters. The highest BCUT2D eigenvalue weighted by Crippen LogP contribution is 2.25. The molecule has 166 valence electrons. The van der Waals surface area contributed by atoms with Crippen LogP contribution in [-0.2, 0) is 19.7 Å². The second-order valence-electron chi connectivity index (χ2n) is 8.43. The highest BCUT2D eigenvalue weighted by atomic mass is 32.2. The van der Waals surface area contributed by atoms with Crippen molar-refractivity contribution in [1.29, 1.82) is 0 Å². The summed E-state index contributed by atoms with van der Waals surface area (Å²) in [6.07, 6.45) is 0.962. The zero-order chi connectivity index (χ0) is 22.2. The van der Waals surface area contributed by atoms with Gasteiger partial charge < -0.3 is 20.7 Å². The number of sulfone groups is 2. The third kappa shape index (κ3) is 6.25. The highest BCUT2D eigenvalue weighted by molar-refractivity contribution is 7.92. The van der Waals surface area contributed by atoms with Crippen LogP contribution >= 0.6 is 24.4 Å². The summed E-state index contributed by atoms with van der Waals surface area (Å²) in [4.78, 5) is 0.